The van der Waals surface area contributed by atoms with Crippen molar-refractivity contribution in [2.45, 2.75) is 72.6 Å². The van der Waals surface area contributed by atoms with Gasteiger partial charge in [0.15, 0.2) is 0 Å². The SMILES string of the molecule is Cc1cncc2c1c(C[C@H]1CCN(CC3CCN(C(O)C(C)C)CC3)C1)cn2-c1ccc(F)cc1C(=O)N(C)C(C)C. The minimum atomic E-state index is -0.418. The van der Waals surface area contributed by atoms with Crippen LogP contribution in [0.5, 0.6) is 0 Å². The van der Waals surface area contributed by atoms with Gasteiger partial charge in [-0.25, -0.2) is 4.39 Å². The zero-order valence-corrected chi connectivity index (χ0v) is 26.2. The van der Waals surface area contributed by atoms with E-state index < -0.39 is 5.82 Å². The number of carbonyl (C=O) groups is 1. The molecule has 4 heterocycles. The van der Waals surface area contributed by atoms with Gasteiger partial charge in [-0.3, -0.25) is 14.7 Å². The van der Waals surface area contributed by atoms with Crippen molar-refractivity contribution in [2.75, 3.05) is 39.8 Å². The molecule has 7 nitrogen and oxygen atoms in total. The molecule has 2 aromatic heterocycles. The molecule has 2 aliphatic rings. The number of carbonyl (C=O) groups excluding carboxylic acids is 1. The monoisotopic (exact) mass is 577 g/mol. The lowest BCUT2D eigenvalue weighted by Crippen LogP contribution is -2.45. The molecule has 0 aliphatic carbocycles. The van der Waals surface area contributed by atoms with Gasteiger partial charge in [-0.15, -0.1) is 0 Å². The van der Waals surface area contributed by atoms with Crippen LogP contribution in [0, 0.1) is 30.5 Å². The number of hydrogen-bond acceptors (Lipinski definition) is 5. The molecule has 0 bridgehead atoms. The Balaban J connectivity index is 1.33. The highest BCUT2D eigenvalue weighted by atomic mass is 19.1. The smallest absolute Gasteiger partial charge is 0.256 e. The molecule has 42 heavy (non-hydrogen) atoms. The highest BCUT2D eigenvalue weighted by molar-refractivity contribution is 5.99. The Morgan fingerprint density at radius 1 is 1.10 bits per heavy atom. The van der Waals surface area contributed by atoms with Crippen LogP contribution in [0.15, 0.2) is 36.8 Å². The fraction of sp³-hybridized carbons (Fsp3) is 0.588. The molecule has 5 rings (SSSR count). The van der Waals surface area contributed by atoms with Crippen LogP contribution < -0.4 is 0 Å². The van der Waals surface area contributed by atoms with E-state index in [0.717, 1.165) is 63.1 Å². The predicted molar refractivity (Wildman–Crippen MR) is 166 cm³/mol. The van der Waals surface area contributed by atoms with Gasteiger partial charge < -0.3 is 19.5 Å². The van der Waals surface area contributed by atoms with Gasteiger partial charge in [0.2, 0.25) is 0 Å². The number of benzene rings is 1. The molecule has 1 aromatic carbocycles. The molecule has 0 saturated carbocycles. The van der Waals surface area contributed by atoms with Crippen molar-refractivity contribution in [1.29, 1.82) is 0 Å². The third kappa shape index (κ3) is 6.41. The van der Waals surface area contributed by atoms with Crippen LogP contribution in [-0.4, -0.2) is 87.3 Å². The molecule has 228 valence electrons. The zero-order valence-electron chi connectivity index (χ0n) is 26.2. The highest BCUT2D eigenvalue weighted by Gasteiger charge is 2.30. The molecule has 2 fully saturated rings. The highest BCUT2D eigenvalue weighted by Crippen LogP contribution is 2.33. The summed E-state index contributed by atoms with van der Waals surface area (Å²) in [7, 11) is 1.76. The number of pyridine rings is 1. The standard InChI is InChI=1S/C34H48FN5O2/c1-22(2)33(41)39-13-10-25(11-14-39)19-38-12-9-26(20-38)15-27-21-40(31-18-36-17-24(5)32(27)31)30-8-7-28(35)16-29(30)34(42)37(6)23(3)4/h7-8,16-18,21-23,25-26,33,41H,9-15,19-20H2,1-6H3/t26-,33?/m1/s1. The maximum atomic E-state index is 14.4. The fourth-order valence-electron chi connectivity index (χ4n) is 6.85. The average molecular weight is 578 g/mol. The Kier molecular flexibility index (Phi) is 9.35. The number of aliphatic hydroxyl groups is 1. The van der Waals surface area contributed by atoms with Gasteiger partial charge in [0, 0.05) is 57.0 Å². The number of aliphatic hydroxyl groups excluding tert-OH is 1. The van der Waals surface area contributed by atoms with Crippen molar-refractivity contribution < 1.29 is 14.3 Å². The van der Waals surface area contributed by atoms with E-state index in [-0.39, 0.29) is 24.1 Å². The number of hydrogen-bond donors (Lipinski definition) is 1. The van der Waals surface area contributed by atoms with Crippen LogP contribution in [0.3, 0.4) is 0 Å². The van der Waals surface area contributed by atoms with Gasteiger partial charge >= 0.3 is 0 Å². The molecular weight excluding hydrogens is 529 g/mol. The van der Waals surface area contributed by atoms with E-state index in [2.05, 4.69) is 41.8 Å². The number of aromatic nitrogens is 2. The van der Waals surface area contributed by atoms with E-state index in [1.54, 1.807) is 18.0 Å². The molecule has 0 spiro atoms. The largest absolute Gasteiger partial charge is 0.378 e. The fourth-order valence-corrected chi connectivity index (χ4v) is 6.85. The first-order valence-electron chi connectivity index (χ1n) is 15.7. The topological polar surface area (TPSA) is 64.8 Å². The third-order valence-electron chi connectivity index (χ3n) is 9.54. The van der Waals surface area contributed by atoms with Crippen LogP contribution in [0.25, 0.3) is 16.6 Å². The number of rotatable bonds is 9. The molecular formula is C34H48FN5O2. The predicted octanol–water partition coefficient (Wildman–Crippen LogP) is 5.50. The molecule has 1 N–H and O–H groups in total. The maximum absolute atomic E-state index is 14.4. The number of aryl methyl sites for hydroxylation is 1. The first kappa shape index (κ1) is 30.6. The van der Waals surface area contributed by atoms with Crippen LogP contribution in [0.2, 0.25) is 0 Å². The lowest BCUT2D eigenvalue weighted by molar-refractivity contribution is -0.0479. The maximum Gasteiger partial charge on any atom is 0.256 e. The van der Waals surface area contributed by atoms with Crippen LogP contribution in [0.1, 0.15) is 68.4 Å². The summed E-state index contributed by atoms with van der Waals surface area (Å²) in [6.07, 6.45) is 10.0. The Morgan fingerprint density at radius 2 is 1.81 bits per heavy atom. The first-order chi connectivity index (χ1) is 20.0. The summed E-state index contributed by atoms with van der Waals surface area (Å²) in [6, 6.07) is 4.50. The van der Waals surface area contributed by atoms with Gasteiger partial charge in [0.25, 0.3) is 5.91 Å². The quantitative estimate of drug-likeness (QED) is 0.364. The molecule has 2 aliphatic heterocycles. The number of piperidine rings is 1. The minimum Gasteiger partial charge on any atom is -0.378 e. The number of halogens is 1. The van der Waals surface area contributed by atoms with Crippen molar-refractivity contribution in [3.8, 4) is 5.69 Å². The lowest BCUT2D eigenvalue weighted by Gasteiger charge is -2.37. The van der Waals surface area contributed by atoms with Gasteiger partial charge in [0.05, 0.1) is 23.0 Å². The number of likely N-dealkylation sites (tertiary alicyclic amines) is 2. The Bertz CT molecular complexity index is 1390. The molecule has 1 unspecified atom stereocenters. The summed E-state index contributed by atoms with van der Waals surface area (Å²) in [5.74, 6) is 0.897. The van der Waals surface area contributed by atoms with Crippen molar-refractivity contribution >= 4 is 16.8 Å². The van der Waals surface area contributed by atoms with Crippen molar-refractivity contribution in [3.63, 3.8) is 0 Å². The van der Waals surface area contributed by atoms with E-state index in [4.69, 9.17) is 0 Å². The van der Waals surface area contributed by atoms with Gasteiger partial charge in [-0.05, 0) is 100 Å². The Hall–Kier alpha value is -2.81. The zero-order chi connectivity index (χ0) is 30.1. The molecule has 0 radical (unpaired) electrons. The van der Waals surface area contributed by atoms with E-state index in [1.165, 1.54) is 29.5 Å². The van der Waals surface area contributed by atoms with Gasteiger partial charge in [-0.1, -0.05) is 13.8 Å². The average Bonchev–Trinajstić information content (AvgIpc) is 3.57. The molecule has 1 amide bonds. The minimum absolute atomic E-state index is 0.000937. The second-order valence-corrected chi connectivity index (χ2v) is 13.3. The summed E-state index contributed by atoms with van der Waals surface area (Å²) in [6.45, 7) is 15.5. The normalized spacial score (nSPS) is 19.8. The van der Waals surface area contributed by atoms with E-state index in [0.29, 0.717) is 23.1 Å². The van der Waals surface area contributed by atoms with E-state index in [1.807, 2.05) is 30.8 Å². The van der Waals surface area contributed by atoms with Crippen molar-refractivity contribution in [1.82, 2.24) is 24.3 Å². The third-order valence-corrected chi connectivity index (χ3v) is 9.54. The summed E-state index contributed by atoms with van der Waals surface area (Å²) in [4.78, 5) is 24.4. The number of nitrogens with zero attached hydrogens (tertiary/aromatic N) is 5. The Labute approximate surface area is 250 Å². The number of fused-ring (bicyclic) bond motifs is 1. The summed E-state index contributed by atoms with van der Waals surface area (Å²) < 4.78 is 16.5. The summed E-state index contributed by atoms with van der Waals surface area (Å²) in [5, 5.41) is 11.6. The van der Waals surface area contributed by atoms with Crippen LogP contribution >= 0.6 is 0 Å². The van der Waals surface area contributed by atoms with Gasteiger partial charge in [-0.2, -0.15) is 0 Å². The number of amides is 1. The second kappa shape index (κ2) is 12.8. The van der Waals surface area contributed by atoms with Crippen LogP contribution in [0.4, 0.5) is 4.39 Å². The van der Waals surface area contributed by atoms with Crippen molar-refractivity contribution in [2.24, 2.45) is 17.8 Å². The molecule has 2 saturated heterocycles. The van der Waals surface area contributed by atoms with Gasteiger partial charge in [0.1, 0.15) is 12.0 Å². The van der Waals surface area contributed by atoms with E-state index in [9.17, 15) is 14.3 Å². The Morgan fingerprint density at radius 3 is 2.50 bits per heavy atom. The van der Waals surface area contributed by atoms with E-state index >= 15 is 0 Å². The second-order valence-electron chi connectivity index (χ2n) is 13.3. The first-order valence-corrected chi connectivity index (χ1v) is 15.7. The molecule has 8 heteroatoms. The summed E-state index contributed by atoms with van der Waals surface area (Å²) in [5.41, 5.74) is 4.35. The van der Waals surface area contributed by atoms with Crippen LogP contribution in [-0.2, 0) is 6.42 Å². The summed E-state index contributed by atoms with van der Waals surface area (Å²) >= 11 is 0. The van der Waals surface area contributed by atoms with Crippen molar-refractivity contribution in [3.05, 3.63) is 59.3 Å². The lowest BCUT2D eigenvalue weighted by atomic mass is 9.95. The molecule has 2 atom stereocenters. The molecule has 3 aromatic rings.